The molecule has 1 aliphatic heterocycles. The first kappa shape index (κ1) is 21.1. The van der Waals surface area contributed by atoms with Gasteiger partial charge in [-0.05, 0) is 55.7 Å². The molecule has 0 aliphatic carbocycles. The van der Waals surface area contributed by atoms with Gasteiger partial charge in [-0.3, -0.25) is 14.5 Å². The molecule has 1 aliphatic rings. The summed E-state index contributed by atoms with van der Waals surface area (Å²) in [5.41, 5.74) is 1.85. The number of hydrogen-bond acceptors (Lipinski definition) is 6. The first-order valence-corrected chi connectivity index (χ1v) is 10.3. The zero-order valence-electron chi connectivity index (χ0n) is 16.9. The van der Waals surface area contributed by atoms with E-state index in [0.717, 1.165) is 12.1 Å². The van der Waals surface area contributed by atoms with Gasteiger partial charge in [-0.15, -0.1) is 5.10 Å². The minimum atomic E-state index is -0.497. The van der Waals surface area contributed by atoms with E-state index in [1.165, 1.54) is 24.3 Å². The molecule has 1 saturated heterocycles. The molecule has 0 spiro atoms. The molecule has 2 N–H and O–H groups in total. The van der Waals surface area contributed by atoms with Crippen LogP contribution < -0.4 is 5.32 Å². The van der Waals surface area contributed by atoms with E-state index in [9.17, 15) is 14.3 Å². The molecule has 8 nitrogen and oxygen atoms in total. The topological polar surface area (TPSA) is 102 Å². The molecule has 0 unspecified atom stereocenters. The smallest absolute Gasteiger partial charge is 0.251 e. The largest absolute Gasteiger partial charge is 0.394 e. The molecule has 1 amide bonds. The molecule has 3 aromatic rings. The Morgan fingerprint density at radius 1 is 1.19 bits per heavy atom. The fourth-order valence-corrected chi connectivity index (χ4v) is 3.68. The monoisotopic (exact) mass is 425 g/mol. The van der Waals surface area contributed by atoms with Crippen LogP contribution in [0, 0.1) is 5.82 Å². The first-order chi connectivity index (χ1) is 15.1. The van der Waals surface area contributed by atoms with Crippen LogP contribution in [0.5, 0.6) is 0 Å². The van der Waals surface area contributed by atoms with Crippen molar-refractivity contribution in [3.05, 3.63) is 66.2 Å². The number of amides is 1. The van der Waals surface area contributed by atoms with Gasteiger partial charge in [0.15, 0.2) is 0 Å². The summed E-state index contributed by atoms with van der Waals surface area (Å²) in [7, 11) is 0. The number of hydrogen-bond donors (Lipinski definition) is 2. The van der Waals surface area contributed by atoms with Crippen molar-refractivity contribution in [1.29, 1.82) is 0 Å². The van der Waals surface area contributed by atoms with Crippen LogP contribution in [0.1, 0.15) is 29.6 Å². The van der Waals surface area contributed by atoms with Gasteiger partial charge in [-0.1, -0.05) is 11.3 Å². The van der Waals surface area contributed by atoms with Gasteiger partial charge in [-0.25, -0.2) is 4.39 Å². The number of rotatable bonds is 7. The molecular formula is C22H24FN5O3. The molecule has 3 heterocycles. The van der Waals surface area contributed by atoms with Crippen molar-refractivity contribution in [2.24, 2.45) is 0 Å². The van der Waals surface area contributed by atoms with Gasteiger partial charge in [-0.2, -0.15) is 0 Å². The fourth-order valence-electron chi connectivity index (χ4n) is 3.68. The van der Waals surface area contributed by atoms with Gasteiger partial charge in [0.25, 0.3) is 5.91 Å². The predicted molar refractivity (Wildman–Crippen MR) is 111 cm³/mol. The molecular weight excluding hydrogens is 401 g/mol. The number of pyridine rings is 1. The average molecular weight is 425 g/mol. The summed E-state index contributed by atoms with van der Waals surface area (Å²) < 4.78 is 20.8. The molecule has 162 valence electrons. The normalized spacial score (nSPS) is 21.0. The Morgan fingerprint density at radius 2 is 2.03 bits per heavy atom. The Labute approximate surface area is 179 Å². The zero-order chi connectivity index (χ0) is 21.6. The number of nitrogens with zero attached hydrogens (tertiary/aromatic N) is 4. The number of aliphatic hydroxyl groups is 1. The lowest BCUT2D eigenvalue weighted by Gasteiger charge is -2.36. The summed E-state index contributed by atoms with van der Waals surface area (Å²) in [5, 5.41) is 21.0. The molecule has 1 aromatic carbocycles. The Balaban J connectivity index is 1.29. The van der Waals surface area contributed by atoms with E-state index in [4.69, 9.17) is 4.74 Å². The number of aliphatic hydroxyl groups excluding tert-OH is 1. The van der Waals surface area contributed by atoms with Crippen LogP contribution in [0.2, 0.25) is 0 Å². The lowest BCUT2D eigenvalue weighted by Crippen LogP contribution is -2.51. The van der Waals surface area contributed by atoms with Crippen LogP contribution >= 0.6 is 0 Å². The van der Waals surface area contributed by atoms with Gasteiger partial charge in [0.1, 0.15) is 17.6 Å². The molecule has 9 heteroatoms. The number of nitrogens with one attached hydrogen (secondary N) is 1. The van der Waals surface area contributed by atoms with Gasteiger partial charge < -0.3 is 15.2 Å². The van der Waals surface area contributed by atoms with E-state index in [1.54, 1.807) is 10.9 Å². The highest BCUT2D eigenvalue weighted by Crippen LogP contribution is 2.23. The van der Waals surface area contributed by atoms with Crippen LogP contribution in [-0.4, -0.2) is 55.8 Å². The number of halogens is 1. The Hall–Kier alpha value is -3.17. The molecule has 31 heavy (non-hydrogen) atoms. The van der Waals surface area contributed by atoms with Crippen molar-refractivity contribution in [2.75, 3.05) is 6.61 Å². The van der Waals surface area contributed by atoms with Gasteiger partial charge >= 0.3 is 0 Å². The summed E-state index contributed by atoms with van der Waals surface area (Å²) >= 11 is 0. The molecule has 2 aromatic heterocycles. The van der Waals surface area contributed by atoms with Crippen LogP contribution in [-0.2, 0) is 11.3 Å². The predicted octanol–water partition coefficient (Wildman–Crippen LogP) is 2.21. The molecule has 1 fully saturated rings. The highest BCUT2D eigenvalue weighted by Gasteiger charge is 2.32. The highest BCUT2D eigenvalue weighted by atomic mass is 19.1. The summed E-state index contributed by atoms with van der Waals surface area (Å²) in [4.78, 5) is 16.7. The Morgan fingerprint density at radius 3 is 2.77 bits per heavy atom. The van der Waals surface area contributed by atoms with E-state index in [2.05, 4.69) is 20.6 Å². The van der Waals surface area contributed by atoms with Gasteiger partial charge in [0.05, 0.1) is 30.6 Å². The molecule has 3 atom stereocenters. The number of ether oxygens (including phenoxy) is 1. The van der Waals surface area contributed by atoms with Crippen molar-refractivity contribution in [3.63, 3.8) is 0 Å². The third-order valence-corrected chi connectivity index (χ3v) is 5.36. The fraction of sp³-hybridized carbons (Fsp3) is 0.364. The van der Waals surface area contributed by atoms with Crippen LogP contribution in [0.3, 0.4) is 0 Å². The second kappa shape index (κ2) is 9.76. The summed E-state index contributed by atoms with van der Waals surface area (Å²) in [6, 6.07) is 10.7. The van der Waals surface area contributed by atoms with Crippen LogP contribution in [0.4, 0.5) is 4.39 Å². The molecule has 0 bridgehead atoms. The van der Waals surface area contributed by atoms with E-state index >= 15 is 0 Å². The van der Waals surface area contributed by atoms with Crippen LogP contribution in [0.15, 0.2) is 54.9 Å². The van der Waals surface area contributed by atoms with Gasteiger partial charge in [0.2, 0.25) is 0 Å². The van der Waals surface area contributed by atoms with Crippen molar-refractivity contribution in [1.82, 2.24) is 25.3 Å². The number of carbonyl (C=O) groups excluding carboxylic acids is 1. The van der Waals surface area contributed by atoms with Crippen molar-refractivity contribution >= 4 is 5.91 Å². The van der Waals surface area contributed by atoms with Crippen LogP contribution in [0.25, 0.3) is 11.4 Å². The van der Waals surface area contributed by atoms with Crippen molar-refractivity contribution in [3.8, 4) is 11.4 Å². The minimum absolute atomic E-state index is 0.0568. The summed E-state index contributed by atoms with van der Waals surface area (Å²) in [6.07, 6.45) is 5.14. The standard InChI is InChI=1S/C22H24FN5O3/c23-16-6-4-15(5-7-16)22(30)25-19-9-8-17(31-21(19)14-29)10-12-28-13-20(26-27-28)18-3-1-2-11-24-18/h1-7,11,13,17,19,21,29H,8-10,12,14H2,(H,25,30)/t17-,19-,21+/m1/s1. The van der Waals surface area contributed by atoms with Crippen molar-refractivity contribution < 1.29 is 19.0 Å². The molecule has 4 rings (SSSR count). The summed E-state index contributed by atoms with van der Waals surface area (Å²) in [6.45, 7) is 0.424. The maximum Gasteiger partial charge on any atom is 0.251 e. The quantitative estimate of drug-likeness (QED) is 0.602. The maximum absolute atomic E-state index is 13.1. The third kappa shape index (κ3) is 5.31. The van der Waals surface area contributed by atoms with Gasteiger partial charge in [0, 0.05) is 18.3 Å². The lowest BCUT2D eigenvalue weighted by atomic mass is 9.96. The molecule has 0 saturated carbocycles. The second-order valence-corrected chi connectivity index (χ2v) is 7.51. The van der Waals surface area contributed by atoms with E-state index in [1.807, 2.05) is 24.4 Å². The second-order valence-electron chi connectivity index (χ2n) is 7.51. The third-order valence-electron chi connectivity index (χ3n) is 5.36. The van der Waals surface area contributed by atoms with E-state index in [0.29, 0.717) is 30.6 Å². The number of aromatic nitrogens is 4. The number of aryl methyl sites for hydroxylation is 1. The van der Waals surface area contributed by atoms with E-state index in [-0.39, 0.29) is 24.7 Å². The minimum Gasteiger partial charge on any atom is -0.394 e. The number of carbonyl (C=O) groups is 1. The molecule has 0 radical (unpaired) electrons. The SMILES string of the molecule is O=C(N[C@@H]1CC[C@H](CCn2cc(-c3ccccn3)nn2)O[C@H]1CO)c1ccc(F)cc1. The zero-order valence-corrected chi connectivity index (χ0v) is 16.9. The van der Waals surface area contributed by atoms with Crippen molar-refractivity contribution in [2.45, 2.75) is 44.1 Å². The van der Waals surface area contributed by atoms with E-state index < -0.39 is 11.9 Å². The summed E-state index contributed by atoms with van der Waals surface area (Å²) in [5.74, 6) is -0.705. The Kier molecular flexibility index (Phi) is 6.63. The first-order valence-electron chi connectivity index (χ1n) is 10.3. The maximum atomic E-state index is 13.1. The number of benzene rings is 1. The average Bonchev–Trinajstić information content (AvgIpc) is 3.28. The highest BCUT2D eigenvalue weighted by molar-refractivity contribution is 5.94. The lowest BCUT2D eigenvalue weighted by molar-refractivity contribution is -0.0912. The Bertz CT molecular complexity index is 996.